The van der Waals surface area contributed by atoms with Gasteiger partial charge in [0.1, 0.15) is 12.4 Å². The molecule has 2 aromatic carbocycles. The third-order valence-corrected chi connectivity index (χ3v) is 4.12. The van der Waals surface area contributed by atoms with Crippen molar-refractivity contribution in [2.24, 2.45) is 10.8 Å². The quantitative estimate of drug-likeness (QED) is 0.517. The van der Waals surface area contributed by atoms with Gasteiger partial charge in [-0.1, -0.05) is 41.9 Å². The Balaban J connectivity index is 2.13. The normalized spacial score (nSPS) is 16.6. The lowest BCUT2D eigenvalue weighted by Gasteiger charge is -2.37. The zero-order chi connectivity index (χ0) is 16.4. The maximum Gasteiger partial charge on any atom is 0.253 e. The molecular formula is C17H17ClN4O. The van der Waals surface area contributed by atoms with E-state index < -0.39 is 0 Å². The van der Waals surface area contributed by atoms with Crippen molar-refractivity contribution in [2.45, 2.75) is 13.0 Å². The molecule has 2 aromatic rings. The minimum absolute atomic E-state index is 0.122. The number of nitrogens with one attached hydrogen (secondary N) is 1. The smallest absolute Gasteiger partial charge is 0.253 e. The molecule has 3 N–H and O–H groups in total. The van der Waals surface area contributed by atoms with Gasteiger partial charge in [-0.3, -0.25) is 10.2 Å². The first kappa shape index (κ1) is 15.5. The first-order valence-electron chi connectivity index (χ1n) is 7.26. The number of carbonyl (C=O) groups excluding carboxylic acids is 1. The van der Waals surface area contributed by atoms with Gasteiger partial charge in [-0.05, 0) is 30.7 Å². The van der Waals surface area contributed by atoms with E-state index in [9.17, 15) is 4.79 Å². The Morgan fingerprint density at radius 3 is 2.74 bits per heavy atom. The number of halogens is 1. The van der Waals surface area contributed by atoms with Crippen LogP contribution in [0.1, 0.15) is 24.1 Å². The van der Waals surface area contributed by atoms with Gasteiger partial charge in [-0.15, -0.1) is 0 Å². The number of hydrogen-bond acceptors (Lipinski definition) is 4. The van der Waals surface area contributed by atoms with Gasteiger partial charge in [-0.2, -0.15) is 0 Å². The predicted molar refractivity (Wildman–Crippen MR) is 91.5 cm³/mol. The van der Waals surface area contributed by atoms with Gasteiger partial charge >= 0.3 is 0 Å². The molecule has 0 bridgehead atoms. The molecule has 5 nitrogen and oxygen atoms in total. The van der Waals surface area contributed by atoms with E-state index in [1.165, 1.54) is 0 Å². The van der Waals surface area contributed by atoms with E-state index in [1.54, 1.807) is 0 Å². The molecule has 1 heterocycles. The van der Waals surface area contributed by atoms with Crippen LogP contribution in [0.4, 0.5) is 5.69 Å². The lowest BCUT2D eigenvalue weighted by Crippen LogP contribution is -2.45. The molecule has 0 aromatic heterocycles. The van der Waals surface area contributed by atoms with Crippen molar-refractivity contribution in [1.82, 2.24) is 10.3 Å². The molecule has 23 heavy (non-hydrogen) atoms. The van der Waals surface area contributed by atoms with Gasteiger partial charge in [0.2, 0.25) is 0 Å². The summed E-state index contributed by atoms with van der Waals surface area (Å²) in [5.41, 5.74) is 5.08. The zero-order valence-corrected chi connectivity index (χ0v) is 13.4. The van der Waals surface area contributed by atoms with Crippen molar-refractivity contribution in [2.75, 3.05) is 6.54 Å². The van der Waals surface area contributed by atoms with E-state index in [0.29, 0.717) is 5.02 Å². The average molecular weight is 329 g/mol. The van der Waals surface area contributed by atoms with Gasteiger partial charge < -0.3 is 4.90 Å². The van der Waals surface area contributed by atoms with Crippen LogP contribution in [0.5, 0.6) is 0 Å². The van der Waals surface area contributed by atoms with Crippen molar-refractivity contribution in [3.63, 3.8) is 0 Å². The lowest BCUT2D eigenvalue weighted by atomic mass is 9.94. The summed E-state index contributed by atoms with van der Waals surface area (Å²) in [7, 11) is 0. The average Bonchev–Trinajstić information content (AvgIpc) is 2.56. The molecule has 118 valence electrons. The molecule has 0 spiro atoms. The number of nitrogens with two attached hydrogens (primary N) is 1. The van der Waals surface area contributed by atoms with E-state index >= 15 is 0 Å². The molecule has 0 saturated heterocycles. The number of nitrogens with zero attached hydrogens (tertiary/aromatic N) is 2. The molecule has 0 saturated carbocycles. The number of benzene rings is 2. The first-order valence-corrected chi connectivity index (χ1v) is 7.63. The highest BCUT2D eigenvalue weighted by Gasteiger charge is 2.30. The van der Waals surface area contributed by atoms with Crippen LogP contribution in [0.25, 0.3) is 0 Å². The van der Waals surface area contributed by atoms with Crippen molar-refractivity contribution >= 4 is 29.0 Å². The Bertz CT molecular complexity index is 760. The van der Waals surface area contributed by atoms with Crippen molar-refractivity contribution in [3.05, 3.63) is 64.7 Å². The van der Waals surface area contributed by atoms with E-state index in [1.807, 2.05) is 60.4 Å². The third kappa shape index (κ3) is 3.06. The second-order valence-electron chi connectivity index (χ2n) is 5.37. The van der Waals surface area contributed by atoms with Gasteiger partial charge in [0.05, 0.1) is 11.7 Å². The van der Waals surface area contributed by atoms with Gasteiger partial charge in [-0.25, -0.2) is 10.8 Å². The lowest BCUT2D eigenvalue weighted by molar-refractivity contribution is -0.121. The summed E-state index contributed by atoms with van der Waals surface area (Å²) in [5, 5.41) is 0.641. The summed E-state index contributed by atoms with van der Waals surface area (Å²) in [6.07, 6.45) is 0. The minimum atomic E-state index is -0.272. The van der Waals surface area contributed by atoms with Crippen molar-refractivity contribution in [3.8, 4) is 0 Å². The van der Waals surface area contributed by atoms with Crippen LogP contribution in [0.3, 0.4) is 0 Å². The Morgan fingerprint density at radius 1 is 1.30 bits per heavy atom. The van der Waals surface area contributed by atoms with E-state index in [2.05, 4.69) is 10.4 Å². The Labute approximate surface area is 139 Å². The van der Waals surface area contributed by atoms with Crippen LogP contribution >= 0.6 is 11.6 Å². The highest BCUT2D eigenvalue weighted by Crippen LogP contribution is 2.40. The van der Waals surface area contributed by atoms with Gasteiger partial charge in [0.15, 0.2) is 0 Å². The maximum absolute atomic E-state index is 11.8. The molecule has 0 radical (unpaired) electrons. The summed E-state index contributed by atoms with van der Waals surface area (Å²) < 4.78 is 0. The van der Waals surface area contributed by atoms with Crippen LogP contribution in [-0.4, -0.2) is 23.2 Å². The largest absolute Gasteiger partial charge is 0.340 e. The van der Waals surface area contributed by atoms with Gasteiger partial charge in [0.25, 0.3) is 5.91 Å². The summed E-state index contributed by atoms with van der Waals surface area (Å²) in [6.45, 7) is 2.01. The fourth-order valence-corrected chi connectivity index (χ4v) is 3.02. The number of hydrogen-bond donors (Lipinski definition) is 2. The van der Waals surface area contributed by atoms with Crippen LogP contribution in [0.15, 0.2) is 53.5 Å². The SMILES string of the molecule is CC1=Nc2ccc(Cl)cc2C(c2ccccc2)N1CC(=O)NN. The fraction of sp³-hybridized carbons (Fsp3) is 0.176. The van der Waals surface area contributed by atoms with Crippen LogP contribution in [-0.2, 0) is 4.79 Å². The number of hydrazine groups is 1. The Kier molecular flexibility index (Phi) is 4.32. The number of amides is 1. The Hall–Kier alpha value is -2.37. The molecule has 1 atom stereocenters. The third-order valence-electron chi connectivity index (χ3n) is 3.88. The van der Waals surface area contributed by atoms with E-state index in [4.69, 9.17) is 17.4 Å². The Morgan fingerprint density at radius 2 is 2.04 bits per heavy atom. The summed E-state index contributed by atoms with van der Waals surface area (Å²) in [4.78, 5) is 18.3. The molecule has 6 heteroatoms. The van der Waals surface area contributed by atoms with Crippen LogP contribution in [0, 0.1) is 0 Å². The predicted octanol–water partition coefficient (Wildman–Crippen LogP) is 2.78. The van der Waals surface area contributed by atoms with Crippen LogP contribution < -0.4 is 11.3 Å². The fourth-order valence-electron chi connectivity index (χ4n) is 2.84. The summed E-state index contributed by atoms with van der Waals surface area (Å²) in [6, 6.07) is 15.5. The molecular weight excluding hydrogens is 312 g/mol. The van der Waals surface area contributed by atoms with Crippen LogP contribution in [0.2, 0.25) is 5.02 Å². The molecule has 3 rings (SSSR count). The van der Waals surface area contributed by atoms with Crippen molar-refractivity contribution in [1.29, 1.82) is 0 Å². The second kappa shape index (κ2) is 6.40. The van der Waals surface area contributed by atoms with E-state index in [-0.39, 0.29) is 18.5 Å². The topological polar surface area (TPSA) is 70.7 Å². The molecule has 1 amide bonds. The number of carbonyl (C=O) groups is 1. The molecule has 1 aliphatic heterocycles. The van der Waals surface area contributed by atoms with E-state index in [0.717, 1.165) is 22.6 Å². The first-order chi connectivity index (χ1) is 11.1. The molecule has 1 aliphatic rings. The summed E-state index contributed by atoms with van der Waals surface area (Å²) >= 11 is 6.18. The molecule has 0 fully saturated rings. The number of fused-ring (bicyclic) bond motifs is 1. The van der Waals surface area contributed by atoms with Crippen molar-refractivity contribution < 1.29 is 4.79 Å². The number of aliphatic imine (C=N–C) groups is 1. The number of amidine groups is 1. The zero-order valence-electron chi connectivity index (χ0n) is 12.7. The standard InChI is InChI=1S/C17H17ClN4O/c1-11-20-15-8-7-13(18)9-14(15)17(12-5-3-2-4-6-12)22(11)10-16(23)21-19/h2-9,17H,10,19H2,1H3,(H,21,23). The molecule has 1 unspecified atom stereocenters. The maximum atomic E-state index is 11.8. The summed E-state index contributed by atoms with van der Waals surface area (Å²) in [5.74, 6) is 5.74. The second-order valence-corrected chi connectivity index (χ2v) is 5.81. The van der Waals surface area contributed by atoms with Gasteiger partial charge in [0, 0.05) is 10.6 Å². The highest BCUT2D eigenvalue weighted by molar-refractivity contribution is 6.30. The highest BCUT2D eigenvalue weighted by atomic mass is 35.5. The minimum Gasteiger partial charge on any atom is -0.340 e. The monoisotopic (exact) mass is 328 g/mol. The molecule has 0 aliphatic carbocycles. The number of rotatable bonds is 3.